The topological polar surface area (TPSA) is 84.7 Å². The number of piperidine rings is 1. The smallest absolute Gasteiger partial charge is 0.410 e. The Balaban J connectivity index is 2.52. The van der Waals surface area contributed by atoms with Crippen molar-refractivity contribution in [2.75, 3.05) is 13.1 Å². The van der Waals surface area contributed by atoms with E-state index in [4.69, 9.17) is 10.5 Å². The summed E-state index contributed by atoms with van der Waals surface area (Å²) in [6, 6.07) is -0.564. The molecule has 0 unspecified atom stereocenters. The van der Waals surface area contributed by atoms with Crippen LogP contribution in [0.1, 0.15) is 47.5 Å². The summed E-state index contributed by atoms with van der Waals surface area (Å²) in [7, 11) is 0. The summed E-state index contributed by atoms with van der Waals surface area (Å²) in [5.74, 6) is -0.0587. The second-order valence-electron chi connectivity index (χ2n) is 7.04. The van der Waals surface area contributed by atoms with E-state index in [1.54, 1.807) is 4.90 Å². The van der Waals surface area contributed by atoms with E-state index < -0.39 is 11.6 Å². The van der Waals surface area contributed by atoms with E-state index in [0.717, 1.165) is 12.8 Å². The Kier molecular flexibility index (Phi) is 6.01. The van der Waals surface area contributed by atoms with Crippen molar-refractivity contribution in [2.45, 2.75) is 65.1 Å². The number of likely N-dealkylation sites (tertiary alicyclic amines) is 1. The maximum absolute atomic E-state index is 12.1. The summed E-state index contributed by atoms with van der Waals surface area (Å²) in [6.45, 7) is 10.5. The Morgan fingerprint density at radius 2 is 1.95 bits per heavy atom. The van der Waals surface area contributed by atoms with E-state index in [9.17, 15) is 9.59 Å². The van der Waals surface area contributed by atoms with Crippen molar-refractivity contribution >= 4 is 12.0 Å². The highest BCUT2D eigenvalue weighted by molar-refractivity contribution is 5.82. The van der Waals surface area contributed by atoms with Crippen molar-refractivity contribution in [3.63, 3.8) is 0 Å². The van der Waals surface area contributed by atoms with Gasteiger partial charge in [-0.25, -0.2) is 4.79 Å². The summed E-state index contributed by atoms with van der Waals surface area (Å²) >= 11 is 0. The molecule has 0 bridgehead atoms. The third-order valence-electron chi connectivity index (χ3n) is 3.44. The van der Waals surface area contributed by atoms with E-state index in [2.05, 4.69) is 5.32 Å². The molecule has 1 fully saturated rings. The van der Waals surface area contributed by atoms with Crippen molar-refractivity contribution in [1.82, 2.24) is 10.2 Å². The molecule has 1 rings (SSSR count). The maximum atomic E-state index is 12.1. The fraction of sp³-hybridized carbons (Fsp3) is 0.867. The van der Waals surface area contributed by atoms with Crippen molar-refractivity contribution in [2.24, 2.45) is 11.7 Å². The first-order valence-corrected chi connectivity index (χ1v) is 7.64. The van der Waals surface area contributed by atoms with Crippen LogP contribution in [-0.2, 0) is 9.53 Å². The predicted octanol–water partition coefficient (Wildman–Crippen LogP) is 1.49. The number of carbonyl (C=O) groups is 2. The molecule has 6 heteroatoms. The molecule has 1 aliphatic rings. The fourth-order valence-electron chi connectivity index (χ4n) is 2.19. The largest absolute Gasteiger partial charge is 0.444 e. The molecule has 0 spiro atoms. The van der Waals surface area contributed by atoms with Crippen molar-refractivity contribution in [3.05, 3.63) is 0 Å². The van der Waals surface area contributed by atoms with Crippen LogP contribution in [0.3, 0.4) is 0 Å². The average Bonchev–Trinajstić information content (AvgIpc) is 2.35. The molecule has 21 heavy (non-hydrogen) atoms. The molecule has 0 aromatic heterocycles. The van der Waals surface area contributed by atoms with Gasteiger partial charge in [0.2, 0.25) is 5.91 Å². The number of carbonyl (C=O) groups excluding carboxylic acids is 2. The first-order chi connectivity index (χ1) is 9.60. The molecule has 1 saturated heterocycles. The highest BCUT2D eigenvalue weighted by atomic mass is 16.6. The van der Waals surface area contributed by atoms with Gasteiger partial charge in [0.25, 0.3) is 0 Å². The number of hydrogen-bond acceptors (Lipinski definition) is 4. The Morgan fingerprint density at radius 1 is 1.33 bits per heavy atom. The summed E-state index contributed by atoms with van der Waals surface area (Å²) in [5.41, 5.74) is 5.33. The van der Waals surface area contributed by atoms with Gasteiger partial charge in [0.1, 0.15) is 5.60 Å². The average molecular weight is 299 g/mol. The highest BCUT2D eigenvalue weighted by Gasteiger charge is 2.29. The molecule has 6 nitrogen and oxygen atoms in total. The van der Waals surface area contributed by atoms with E-state index in [1.807, 2.05) is 34.6 Å². The van der Waals surface area contributed by atoms with Gasteiger partial charge >= 0.3 is 6.09 Å². The number of nitrogens with two attached hydrogens (primary N) is 1. The fourth-order valence-corrected chi connectivity index (χ4v) is 2.19. The lowest BCUT2D eigenvalue weighted by molar-refractivity contribution is -0.124. The first-order valence-electron chi connectivity index (χ1n) is 7.64. The van der Waals surface area contributed by atoms with Gasteiger partial charge < -0.3 is 20.7 Å². The third kappa shape index (κ3) is 5.91. The van der Waals surface area contributed by atoms with Crippen LogP contribution in [0.4, 0.5) is 4.79 Å². The quantitative estimate of drug-likeness (QED) is 0.827. The number of hydrogen-bond donors (Lipinski definition) is 2. The van der Waals surface area contributed by atoms with Crippen LogP contribution in [0, 0.1) is 5.92 Å². The van der Waals surface area contributed by atoms with Crippen molar-refractivity contribution < 1.29 is 14.3 Å². The standard InChI is InChI=1S/C15H29N3O3/c1-10(2)12(16)13(19)17-11-7-6-8-18(9-11)14(20)21-15(3,4)5/h10-12H,6-9,16H2,1-5H3,(H,17,19)/t11-,12+/m1/s1. The number of amides is 2. The monoisotopic (exact) mass is 299 g/mol. The third-order valence-corrected chi connectivity index (χ3v) is 3.44. The minimum atomic E-state index is -0.512. The number of rotatable bonds is 3. The zero-order valence-corrected chi connectivity index (χ0v) is 13.8. The summed E-state index contributed by atoms with van der Waals surface area (Å²) in [4.78, 5) is 25.7. The van der Waals surface area contributed by atoms with Crippen LogP contribution >= 0.6 is 0 Å². The van der Waals surface area contributed by atoms with Crippen LogP contribution in [0.25, 0.3) is 0 Å². The van der Waals surface area contributed by atoms with Gasteiger partial charge in [-0.15, -0.1) is 0 Å². The Hall–Kier alpha value is -1.30. The minimum Gasteiger partial charge on any atom is -0.444 e. The Labute approximate surface area is 127 Å². The SMILES string of the molecule is CC(C)[C@H](N)C(=O)N[C@@H]1CCCN(C(=O)OC(C)(C)C)C1. The normalized spacial score (nSPS) is 21.1. The molecule has 2 amide bonds. The molecule has 0 aromatic rings. The van der Waals surface area contributed by atoms with Gasteiger partial charge in [0.05, 0.1) is 6.04 Å². The van der Waals surface area contributed by atoms with Gasteiger partial charge in [-0.05, 0) is 39.5 Å². The molecular formula is C15H29N3O3. The molecule has 2 atom stereocenters. The lowest BCUT2D eigenvalue weighted by atomic mass is 10.0. The lowest BCUT2D eigenvalue weighted by Gasteiger charge is -2.35. The van der Waals surface area contributed by atoms with E-state index in [1.165, 1.54) is 0 Å². The van der Waals surface area contributed by atoms with Gasteiger partial charge in [-0.1, -0.05) is 13.8 Å². The zero-order chi connectivity index (χ0) is 16.2. The molecule has 3 N–H and O–H groups in total. The highest BCUT2D eigenvalue weighted by Crippen LogP contribution is 2.15. The number of nitrogens with one attached hydrogen (secondary N) is 1. The van der Waals surface area contributed by atoms with Crippen molar-refractivity contribution in [3.8, 4) is 0 Å². The van der Waals surface area contributed by atoms with Crippen LogP contribution in [0.15, 0.2) is 0 Å². The molecule has 0 radical (unpaired) electrons. The molecular weight excluding hydrogens is 270 g/mol. The first kappa shape index (κ1) is 17.8. The predicted molar refractivity (Wildman–Crippen MR) is 81.8 cm³/mol. The van der Waals surface area contributed by atoms with Gasteiger partial charge in [0.15, 0.2) is 0 Å². The van der Waals surface area contributed by atoms with E-state index in [0.29, 0.717) is 13.1 Å². The van der Waals surface area contributed by atoms with Crippen LogP contribution < -0.4 is 11.1 Å². The summed E-state index contributed by atoms with van der Waals surface area (Å²) < 4.78 is 5.37. The van der Waals surface area contributed by atoms with E-state index in [-0.39, 0.29) is 24.0 Å². The molecule has 122 valence electrons. The summed E-state index contributed by atoms with van der Waals surface area (Å²) in [5, 5.41) is 2.93. The van der Waals surface area contributed by atoms with Gasteiger partial charge in [-0.3, -0.25) is 4.79 Å². The van der Waals surface area contributed by atoms with Gasteiger partial charge in [0, 0.05) is 19.1 Å². The van der Waals surface area contributed by atoms with Gasteiger partial charge in [-0.2, -0.15) is 0 Å². The van der Waals surface area contributed by atoms with Crippen LogP contribution in [-0.4, -0.2) is 47.7 Å². The maximum Gasteiger partial charge on any atom is 0.410 e. The van der Waals surface area contributed by atoms with Crippen LogP contribution in [0.2, 0.25) is 0 Å². The number of ether oxygens (including phenoxy) is 1. The lowest BCUT2D eigenvalue weighted by Crippen LogP contribution is -2.54. The molecule has 1 aliphatic heterocycles. The molecule has 0 aliphatic carbocycles. The van der Waals surface area contributed by atoms with Crippen LogP contribution in [0.5, 0.6) is 0 Å². The minimum absolute atomic E-state index is 0.0523. The molecule has 0 aromatic carbocycles. The second-order valence-corrected chi connectivity index (χ2v) is 7.04. The summed E-state index contributed by atoms with van der Waals surface area (Å²) in [6.07, 6.45) is 1.38. The Morgan fingerprint density at radius 3 is 2.48 bits per heavy atom. The zero-order valence-electron chi connectivity index (χ0n) is 13.8. The Bertz CT molecular complexity index is 377. The molecule has 1 heterocycles. The second kappa shape index (κ2) is 7.11. The van der Waals surface area contributed by atoms with Crippen molar-refractivity contribution in [1.29, 1.82) is 0 Å². The number of nitrogens with zero attached hydrogens (tertiary/aromatic N) is 1. The molecule has 0 saturated carbocycles. The van der Waals surface area contributed by atoms with E-state index >= 15 is 0 Å².